The van der Waals surface area contributed by atoms with Crippen molar-refractivity contribution in [2.24, 2.45) is 0 Å². The Morgan fingerprint density at radius 2 is 0.912 bits per heavy atom. The number of aryl methyl sites for hydroxylation is 4. The number of hydrogen-bond acceptors (Lipinski definition) is 0. The first kappa shape index (κ1) is 27.2. The molecular weight excluding hydrogens is 534 g/mol. The Labute approximate surface area is 235 Å². The van der Waals surface area contributed by atoms with Crippen molar-refractivity contribution in [1.29, 1.82) is 0 Å². The second kappa shape index (κ2) is 11.6. The molecule has 0 bridgehead atoms. The van der Waals surface area contributed by atoms with E-state index in [1.54, 1.807) is 22.3 Å². The fraction of sp³-hybridized carbons (Fsp3) is 0.290. The van der Waals surface area contributed by atoms with Crippen LogP contribution >= 0.6 is 0 Å². The zero-order valence-corrected chi connectivity index (χ0v) is 23.5. The fourth-order valence-electron chi connectivity index (χ4n) is 6.21. The molecular formula is C31H30Cl2Zr. The molecule has 0 atom stereocenters. The molecule has 0 spiro atoms. The number of benzene rings is 2. The molecule has 0 aliphatic heterocycles. The van der Waals surface area contributed by atoms with E-state index < -0.39 is 0 Å². The van der Waals surface area contributed by atoms with Gasteiger partial charge in [0.1, 0.15) is 0 Å². The van der Waals surface area contributed by atoms with Gasteiger partial charge >= 0.3 is 26.2 Å². The Balaban J connectivity index is 0.00000108. The van der Waals surface area contributed by atoms with Crippen LogP contribution in [0.15, 0.2) is 84.9 Å². The summed E-state index contributed by atoms with van der Waals surface area (Å²) in [5.74, 6) is 0. The first-order valence-corrected chi connectivity index (χ1v) is 12.0. The number of rotatable bonds is 4. The maximum atomic E-state index is 2.54. The molecule has 0 fully saturated rings. The molecule has 0 aromatic heterocycles. The van der Waals surface area contributed by atoms with E-state index in [4.69, 9.17) is 0 Å². The monoisotopic (exact) mass is 562 g/mol. The van der Waals surface area contributed by atoms with E-state index in [-0.39, 0.29) is 56.4 Å². The van der Waals surface area contributed by atoms with E-state index >= 15 is 0 Å². The Kier molecular flexibility index (Phi) is 9.25. The van der Waals surface area contributed by atoms with Gasteiger partial charge in [-0.3, -0.25) is 0 Å². The van der Waals surface area contributed by atoms with Gasteiger partial charge in [-0.2, -0.15) is 45.5 Å². The Hall–Kier alpha value is -1.40. The van der Waals surface area contributed by atoms with E-state index in [0.29, 0.717) is 0 Å². The smallest absolute Gasteiger partial charge is 1.00 e. The van der Waals surface area contributed by atoms with Gasteiger partial charge in [0.2, 0.25) is 0 Å². The summed E-state index contributed by atoms with van der Waals surface area (Å²) in [4.78, 5) is 0. The molecule has 3 heteroatoms. The van der Waals surface area contributed by atoms with E-state index in [1.165, 1.54) is 73.6 Å². The van der Waals surface area contributed by atoms with Gasteiger partial charge in [0.15, 0.2) is 0 Å². The molecule has 0 radical (unpaired) electrons. The zero-order valence-electron chi connectivity index (χ0n) is 19.5. The molecule has 0 saturated heterocycles. The van der Waals surface area contributed by atoms with Crippen LogP contribution in [0, 0.1) is 0 Å². The molecule has 0 amide bonds. The van der Waals surface area contributed by atoms with Crippen LogP contribution in [0.5, 0.6) is 0 Å². The Morgan fingerprint density at radius 3 is 1.29 bits per heavy atom. The van der Waals surface area contributed by atoms with E-state index in [2.05, 4.69) is 84.9 Å². The topological polar surface area (TPSA) is 0 Å². The van der Waals surface area contributed by atoms with Crippen molar-refractivity contribution in [2.45, 2.75) is 56.8 Å². The summed E-state index contributed by atoms with van der Waals surface area (Å²) in [6.07, 6.45) is 10.2. The van der Waals surface area contributed by atoms with E-state index in [9.17, 15) is 0 Å². The minimum absolute atomic E-state index is 0. The first-order valence-electron chi connectivity index (χ1n) is 12.0. The first-order chi connectivity index (χ1) is 15.4. The third kappa shape index (κ3) is 4.57. The number of halogens is 2. The Bertz CT molecular complexity index is 1040. The van der Waals surface area contributed by atoms with Gasteiger partial charge in [0.05, 0.1) is 0 Å². The average Bonchev–Trinajstić information content (AvgIpc) is 3.46. The molecule has 0 unspecified atom stereocenters. The average molecular weight is 565 g/mol. The minimum Gasteiger partial charge on any atom is -1.00 e. The summed E-state index contributed by atoms with van der Waals surface area (Å²) in [7, 11) is 0. The van der Waals surface area contributed by atoms with Crippen LogP contribution in [0.25, 0.3) is 0 Å². The molecule has 2 aliphatic carbocycles. The van der Waals surface area contributed by atoms with Crippen LogP contribution in [0.3, 0.4) is 0 Å². The predicted molar refractivity (Wildman–Crippen MR) is 129 cm³/mol. The van der Waals surface area contributed by atoms with Gasteiger partial charge in [-0.25, -0.2) is 12.1 Å². The molecule has 4 aromatic rings. The molecule has 172 valence electrons. The van der Waals surface area contributed by atoms with Crippen molar-refractivity contribution in [3.63, 3.8) is 0 Å². The summed E-state index contributed by atoms with van der Waals surface area (Å²) >= 11 is 0. The predicted octanol–water partition coefficient (Wildman–Crippen LogP) is 1.27. The van der Waals surface area contributed by atoms with Crippen molar-refractivity contribution in [3.05, 3.63) is 129 Å². The molecule has 6 rings (SSSR count). The zero-order chi connectivity index (χ0) is 20.7. The summed E-state index contributed by atoms with van der Waals surface area (Å²) in [5, 5.41) is 0. The number of hydrogen-bond donors (Lipinski definition) is 0. The molecule has 4 aromatic carbocycles. The van der Waals surface area contributed by atoms with Gasteiger partial charge in [0.25, 0.3) is 0 Å². The molecule has 0 heterocycles. The van der Waals surface area contributed by atoms with Crippen molar-refractivity contribution < 1.29 is 51.0 Å². The summed E-state index contributed by atoms with van der Waals surface area (Å²) < 4.78 is 0. The van der Waals surface area contributed by atoms with Crippen LogP contribution < -0.4 is 24.8 Å². The second-order valence-corrected chi connectivity index (χ2v) is 9.49. The van der Waals surface area contributed by atoms with Crippen LogP contribution in [0.4, 0.5) is 0 Å². The molecule has 34 heavy (non-hydrogen) atoms. The van der Waals surface area contributed by atoms with Crippen molar-refractivity contribution >= 4 is 0 Å². The SMILES string of the molecule is [Cl-].[Cl-].[Zr+4].c1ccc(C(c2ccccc2)(c2cc3c([cH-]2)CCCC3)c2cc3c([cH-]2)CCCC3)cc1. The third-order valence-corrected chi connectivity index (χ3v) is 7.71. The van der Waals surface area contributed by atoms with Crippen molar-refractivity contribution in [1.82, 2.24) is 0 Å². The molecule has 0 nitrogen and oxygen atoms in total. The summed E-state index contributed by atoms with van der Waals surface area (Å²) in [6, 6.07) is 32.6. The maximum Gasteiger partial charge on any atom is 4.00 e. The van der Waals surface area contributed by atoms with E-state index in [1.807, 2.05) is 0 Å². The second-order valence-electron chi connectivity index (χ2n) is 9.49. The number of fused-ring (bicyclic) bond motifs is 2. The molecule has 0 saturated carbocycles. The van der Waals surface area contributed by atoms with Crippen LogP contribution in [0.2, 0.25) is 0 Å². The van der Waals surface area contributed by atoms with E-state index in [0.717, 1.165) is 0 Å². The Morgan fingerprint density at radius 1 is 0.529 bits per heavy atom. The van der Waals surface area contributed by atoms with Crippen molar-refractivity contribution in [2.75, 3.05) is 0 Å². The normalized spacial score (nSPS) is 14.6. The van der Waals surface area contributed by atoms with Gasteiger partial charge in [-0.15, -0.1) is 0 Å². The largest absolute Gasteiger partial charge is 4.00 e. The summed E-state index contributed by atoms with van der Waals surface area (Å²) in [5.41, 5.74) is 11.7. The quantitative estimate of drug-likeness (QED) is 0.328. The standard InChI is InChI=1S/C31H30.2ClH.Zr/c1-3-15-27(16-4-1)31(28-17-5-2-6-18-28,29-19-23-11-7-8-12-24(23)20-29)30-21-25-13-9-10-14-26(25)22-30;;;/h1-6,15-22H,7-14H2;2*1H;/q-2;;;+4/p-2. The van der Waals surface area contributed by atoms with Gasteiger partial charge < -0.3 is 24.8 Å². The fourth-order valence-corrected chi connectivity index (χ4v) is 6.21. The van der Waals surface area contributed by atoms with Gasteiger partial charge in [-0.1, -0.05) is 112 Å². The molecule has 2 aliphatic rings. The van der Waals surface area contributed by atoms with Gasteiger partial charge in [0, 0.05) is 5.41 Å². The van der Waals surface area contributed by atoms with Crippen LogP contribution in [-0.4, -0.2) is 0 Å². The maximum absolute atomic E-state index is 2.54. The summed E-state index contributed by atoms with van der Waals surface area (Å²) in [6.45, 7) is 0. The van der Waals surface area contributed by atoms with Gasteiger partial charge in [-0.05, 0) is 11.1 Å². The third-order valence-electron chi connectivity index (χ3n) is 7.71. The van der Waals surface area contributed by atoms with Crippen molar-refractivity contribution in [3.8, 4) is 0 Å². The minimum atomic E-state index is -0.253. The molecule has 0 N–H and O–H groups in total. The van der Waals surface area contributed by atoms with Crippen LogP contribution in [-0.2, 0) is 57.3 Å². The van der Waals surface area contributed by atoms with Crippen LogP contribution in [0.1, 0.15) is 70.2 Å².